The minimum Gasteiger partial charge on any atom is -0.454 e. The van der Waals surface area contributed by atoms with Crippen LogP contribution in [0, 0.1) is 5.82 Å². The Balaban J connectivity index is 2.22. The summed E-state index contributed by atoms with van der Waals surface area (Å²) in [5.41, 5.74) is 1.67. The third-order valence-electron chi connectivity index (χ3n) is 3.50. The summed E-state index contributed by atoms with van der Waals surface area (Å²) in [6, 6.07) is 12.2. The van der Waals surface area contributed by atoms with Crippen molar-refractivity contribution in [1.29, 1.82) is 0 Å². The molecular formula is C17H19FO2. The van der Waals surface area contributed by atoms with Gasteiger partial charge in [-0.15, -0.1) is 0 Å². The fraction of sp³-hybridized carbons (Fsp3) is 0.294. The molecule has 0 amide bonds. The summed E-state index contributed by atoms with van der Waals surface area (Å²) in [7, 11) is 0. The number of aliphatic hydroxyl groups is 1. The first-order valence-corrected chi connectivity index (χ1v) is 6.81. The van der Waals surface area contributed by atoms with Crippen LogP contribution < -0.4 is 4.74 Å². The third-order valence-corrected chi connectivity index (χ3v) is 3.50. The number of para-hydroxylation sites is 1. The molecule has 0 aliphatic heterocycles. The van der Waals surface area contributed by atoms with Gasteiger partial charge in [0.15, 0.2) is 11.6 Å². The van der Waals surface area contributed by atoms with Crippen molar-refractivity contribution in [2.45, 2.75) is 32.8 Å². The predicted octanol–water partition coefficient (Wildman–Crippen LogP) is 4.62. The smallest absolute Gasteiger partial charge is 0.168 e. The SMILES string of the molecule is CCC(C)c1ccc(Oc2c(F)cccc2CO)cc1. The standard InChI is InChI=1S/C17H19FO2/c1-3-12(2)13-7-9-15(10-8-13)20-17-14(11-19)5-4-6-16(17)18/h4-10,12,19H,3,11H2,1-2H3. The highest BCUT2D eigenvalue weighted by Gasteiger charge is 2.10. The van der Waals surface area contributed by atoms with Crippen molar-refractivity contribution in [2.75, 3.05) is 0 Å². The van der Waals surface area contributed by atoms with Gasteiger partial charge in [-0.05, 0) is 36.1 Å². The van der Waals surface area contributed by atoms with Crippen LogP contribution in [0.5, 0.6) is 11.5 Å². The largest absolute Gasteiger partial charge is 0.454 e. The molecule has 20 heavy (non-hydrogen) atoms. The first kappa shape index (κ1) is 14.5. The van der Waals surface area contributed by atoms with E-state index in [1.54, 1.807) is 12.1 Å². The highest BCUT2D eigenvalue weighted by molar-refractivity contribution is 5.39. The van der Waals surface area contributed by atoms with Gasteiger partial charge in [0.2, 0.25) is 0 Å². The van der Waals surface area contributed by atoms with E-state index in [0.717, 1.165) is 6.42 Å². The topological polar surface area (TPSA) is 29.5 Å². The second-order valence-corrected chi connectivity index (χ2v) is 4.87. The summed E-state index contributed by atoms with van der Waals surface area (Å²) < 4.78 is 19.3. The number of aliphatic hydroxyl groups excluding tert-OH is 1. The van der Waals surface area contributed by atoms with Crippen LogP contribution in [0.1, 0.15) is 37.3 Å². The van der Waals surface area contributed by atoms with E-state index in [-0.39, 0.29) is 12.4 Å². The van der Waals surface area contributed by atoms with Crippen molar-refractivity contribution >= 4 is 0 Å². The molecule has 0 aliphatic rings. The van der Waals surface area contributed by atoms with E-state index in [1.807, 2.05) is 24.3 Å². The molecule has 2 rings (SSSR count). The second-order valence-electron chi connectivity index (χ2n) is 4.87. The Kier molecular flexibility index (Phi) is 4.74. The van der Waals surface area contributed by atoms with Gasteiger partial charge in [0.05, 0.1) is 6.61 Å². The van der Waals surface area contributed by atoms with Crippen molar-refractivity contribution in [3.63, 3.8) is 0 Å². The molecule has 1 atom stereocenters. The molecule has 2 aromatic carbocycles. The van der Waals surface area contributed by atoms with Gasteiger partial charge in [-0.25, -0.2) is 4.39 Å². The van der Waals surface area contributed by atoms with E-state index in [0.29, 0.717) is 17.2 Å². The molecule has 0 heterocycles. The molecule has 1 unspecified atom stereocenters. The summed E-state index contributed by atoms with van der Waals surface area (Å²) in [4.78, 5) is 0. The lowest BCUT2D eigenvalue weighted by Gasteiger charge is -2.12. The van der Waals surface area contributed by atoms with Crippen molar-refractivity contribution in [3.8, 4) is 11.5 Å². The molecule has 0 spiro atoms. The zero-order valence-corrected chi connectivity index (χ0v) is 11.8. The highest BCUT2D eigenvalue weighted by atomic mass is 19.1. The zero-order valence-electron chi connectivity index (χ0n) is 11.8. The van der Waals surface area contributed by atoms with Crippen LogP contribution in [0.15, 0.2) is 42.5 Å². The molecule has 0 saturated carbocycles. The Labute approximate surface area is 118 Å². The van der Waals surface area contributed by atoms with Gasteiger partial charge in [0.1, 0.15) is 5.75 Å². The lowest BCUT2D eigenvalue weighted by atomic mass is 9.99. The minimum atomic E-state index is -0.470. The van der Waals surface area contributed by atoms with Crippen LogP contribution >= 0.6 is 0 Å². The summed E-state index contributed by atoms with van der Waals surface area (Å²) in [5.74, 6) is 0.677. The highest BCUT2D eigenvalue weighted by Crippen LogP contribution is 2.29. The maximum atomic E-state index is 13.7. The van der Waals surface area contributed by atoms with Crippen LogP contribution in [0.3, 0.4) is 0 Å². The van der Waals surface area contributed by atoms with E-state index in [4.69, 9.17) is 4.74 Å². The van der Waals surface area contributed by atoms with Crippen molar-refractivity contribution in [2.24, 2.45) is 0 Å². The molecule has 0 radical (unpaired) electrons. The lowest BCUT2D eigenvalue weighted by molar-refractivity contribution is 0.274. The maximum absolute atomic E-state index is 13.7. The molecule has 2 nitrogen and oxygen atoms in total. The van der Waals surface area contributed by atoms with Crippen LogP contribution in [-0.4, -0.2) is 5.11 Å². The number of benzene rings is 2. The van der Waals surface area contributed by atoms with Crippen molar-refractivity contribution < 1.29 is 14.2 Å². The van der Waals surface area contributed by atoms with E-state index in [2.05, 4.69) is 13.8 Å². The van der Waals surface area contributed by atoms with Crippen LogP contribution in [-0.2, 0) is 6.61 Å². The van der Waals surface area contributed by atoms with Gasteiger partial charge in [0.25, 0.3) is 0 Å². The number of ether oxygens (including phenoxy) is 1. The Hall–Kier alpha value is -1.87. The summed E-state index contributed by atoms with van der Waals surface area (Å²) in [5, 5.41) is 9.22. The van der Waals surface area contributed by atoms with Crippen molar-refractivity contribution in [3.05, 3.63) is 59.4 Å². The van der Waals surface area contributed by atoms with E-state index >= 15 is 0 Å². The molecule has 1 N–H and O–H groups in total. The van der Waals surface area contributed by atoms with Gasteiger partial charge in [0, 0.05) is 5.56 Å². The second kappa shape index (κ2) is 6.53. The number of hydrogen-bond donors (Lipinski definition) is 1. The Morgan fingerprint density at radius 2 is 1.85 bits per heavy atom. The average molecular weight is 274 g/mol. The van der Waals surface area contributed by atoms with Crippen LogP contribution in [0.4, 0.5) is 4.39 Å². The summed E-state index contributed by atoms with van der Waals surface area (Å²) in [6.07, 6.45) is 1.07. The van der Waals surface area contributed by atoms with Crippen LogP contribution in [0.25, 0.3) is 0 Å². The minimum absolute atomic E-state index is 0.0892. The molecule has 2 aromatic rings. The Bertz CT molecular complexity index is 564. The van der Waals surface area contributed by atoms with E-state index in [1.165, 1.54) is 11.6 Å². The normalized spacial score (nSPS) is 12.2. The summed E-state index contributed by atoms with van der Waals surface area (Å²) in [6.45, 7) is 4.05. The molecule has 0 bridgehead atoms. The van der Waals surface area contributed by atoms with Gasteiger partial charge >= 0.3 is 0 Å². The molecule has 0 aliphatic carbocycles. The molecule has 3 heteroatoms. The molecule has 0 aromatic heterocycles. The zero-order chi connectivity index (χ0) is 14.5. The Morgan fingerprint density at radius 1 is 1.15 bits per heavy atom. The Morgan fingerprint density at radius 3 is 2.45 bits per heavy atom. The quantitative estimate of drug-likeness (QED) is 0.861. The van der Waals surface area contributed by atoms with E-state index in [9.17, 15) is 9.50 Å². The fourth-order valence-corrected chi connectivity index (χ4v) is 2.01. The number of hydrogen-bond acceptors (Lipinski definition) is 2. The molecular weight excluding hydrogens is 255 g/mol. The van der Waals surface area contributed by atoms with Crippen molar-refractivity contribution in [1.82, 2.24) is 0 Å². The van der Waals surface area contributed by atoms with E-state index < -0.39 is 5.82 Å². The number of rotatable bonds is 5. The average Bonchev–Trinajstić information content (AvgIpc) is 2.49. The maximum Gasteiger partial charge on any atom is 0.168 e. The predicted molar refractivity (Wildman–Crippen MR) is 77.5 cm³/mol. The monoisotopic (exact) mass is 274 g/mol. The van der Waals surface area contributed by atoms with Gasteiger partial charge in [-0.2, -0.15) is 0 Å². The first-order chi connectivity index (χ1) is 9.65. The third kappa shape index (κ3) is 3.17. The van der Waals surface area contributed by atoms with Gasteiger partial charge in [-0.1, -0.05) is 38.1 Å². The fourth-order valence-electron chi connectivity index (χ4n) is 2.01. The number of halogens is 1. The molecule has 0 saturated heterocycles. The lowest BCUT2D eigenvalue weighted by Crippen LogP contribution is -1.96. The van der Waals surface area contributed by atoms with Gasteiger partial charge < -0.3 is 9.84 Å². The first-order valence-electron chi connectivity index (χ1n) is 6.81. The molecule has 106 valence electrons. The van der Waals surface area contributed by atoms with Gasteiger partial charge in [-0.3, -0.25) is 0 Å². The summed E-state index contributed by atoms with van der Waals surface area (Å²) >= 11 is 0. The molecule has 0 fully saturated rings. The van der Waals surface area contributed by atoms with Crippen LogP contribution in [0.2, 0.25) is 0 Å².